The maximum Gasteiger partial charge on any atom is 0.238 e. The second kappa shape index (κ2) is 16.6. The van der Waals surface area contributed by atoms with E-state index < -0.39 is 18.0 Å². The van der Waals surface area contributed by atoms with Crippen LogP contribution in [0.4, 0.5) is 0 Å². The molecule has 0 spiro atoms. The molecule has 2 aromatic rings. The van der Waals surface area contributed by atoms with Gasteiger partial charge in [-0.1, -0.05) is 62.7 Å². The number of carbonyl (C=O) groups excluding carboxylic acids is 3. The number of likely N-dealkylation sites (N-methyl/N-ethyl adjacent to an activating group) is 1. The highest BCUT2D eigenvalue weighted by Crippen LogP contribution is 2.18. The predicted octanol–water partition coefficient (Wildman–Crippen LogP) is 2.74. The maximum atomic E-state index is 13.6. The number of phenols is 1. The monoisotopic (exact) mass is 524 g/mol. The van der Waals surface area contributed by atoms with Crippen molar-refractivity contribution < 1.29 is 19.5 Å². The van der Waals surface area contributed by atoms with Crippen molar-refractivity contribution in [3.63, 3.8) is 0 Å². The van der Waals surface area contributed by atoms with E-state index >= 15 is 0 Å². The molecular weight excluding hydrogens is 480 g/mol. The fraction of sp³-hybridized carbons (Fsp3) is 0.500. The SMILES string of the molecule is CNC(=O)[C@H](CCCCNC(C)C)CC(=O)[C@H](Cc1ccc(O)cc1)NC(=O)[C@H](Cc1ccccc1)NC. The Hall–Kier alpha value is -3.23. The summed E-state index contributed by atoms with van der Waals surface area (Å²) in [7, 11) is 3.30. The van der Waals surface area contributed by atoms with Crippen molar-refractivity contribution in [3.05, 3.63) is 65.7 Å². The summed E-state index contributed by atoms with van der Waals surface area (Å²) in [5, 5.41) is 21.7. The molecule has 8 heteroatoms. The third-order valence-corrected chi connectivity index (χ3v) is 6.63. The lowest BCUT2D eigenvalue weighted by atomic mass is 9.90. The van der Waals surface area contributed by atoms with E-state index in [9.17, 15) is 19.5 Å². The second-order valence-corrected chi connectivity index (χ2v) is 10.0. The van der Waals surface area contributed by atoms with Gasteiger partial charge >= 0.3 is 0 Å². The molecule has 0 bridgehead atoms. The van der Waals surface area contributed by atoms with E-state index in [0.29, 0.717) is 18.9 Å². The first-order valence-electron chi connectivity index (χ1n) is 13.5. The third kappa shape index (κ3) is 11.0. The van der Waals surface area contributed by atoms with Crippen LogP contribution in [-0.4, -0.2) is 61.5 Å². The van der Waals surface area contributed by atoms with Crippen molar-refractivity contribution in [2.45, 2.75) is 70.5 Å². The smallest absolute Gasteiger partial charge is 0.238 e. The van der Waals surface area contributed by atoms with E-state index in [-0.39, 0.29) is 36.2 Å². The molecule has 38 heavy (non-hydrogen) atoms. The molecule has 3 atom stereocenters. The van der Waals surface area contributed by atoms with Crippen LogP contribution in [0.15, 0.2) is 54.6 Å². The number of phenolic OH excluding ortho intramolecular Hbond substituents is 1. The van der Waals surface area contributed by atoms with Crippen molar-refractivity contribution in [1.29, 1.82) is 0 Å². The van der Waals surface area contributed by atoms with E-state index in [2.05, 4.69) is 35.1 Å². The Kier molecular flexibility index (Phi) is 13.5. The molecule has 2 aromatic carbocycles. The fourth-order valence-electron chi connectivity index (χ4n) is 4.38. The molecule has 0 radical (unpaired) electrons. The van der Waals surface area contributed by atoms with Crippen molar-refractivity contribution in [3.8, 4) is 5.75 Å². The van der Waals surface area contributed by atoms with Gasteiger partial charge in [-0.3, -0.25) is 14.4 Å². The van der Waals surface area contributed by atoms with Gasteiger partial charge in [0.1, 0.15) is 5.75 Å². The van der Waals surface area contributed by atoms with Crippen LogP contribution >= 0.6 is 0 Å². The fourth-order valence-corrected chi connectivity index (χ4v) is 4.38. The number of aromatic hydroxyl groups is 1. The average Bonchev–Trinajstić information content (AvgIpc) is 2.91. The Morgan fingerprint density at radius 1 is 0.816 bits per heavy atom. The van der Waals surface area contributed by atoms with Crippen LogP contribution in [0.3, 0.4) is 0 Å². The first kappa shape index (κ1) is 31.0. The lowest BCUT2D eigenvalue weighted by Crippen LogP contribution is -2.51. The van der Waals surface area contributed by atoms with Gasteiger partial charge in [-0.2, -0.15) is 0 Å². The molecule has 2 rings (SSSR count). The quantitative estimate of drug-likeness (QED) is 0.203. The van der Waals surface area contributed by atoms with Gasteiger partial charge in [0.25, 0.3) is 0 Å². The van der Waals surface area contributed by atoms with Gasteiger partial charge in [0.05, 0.1) is 12.1 Å². The Balaban J connectivity index is 2.14. The number of ketones is 1. The Labute approximate surface area is 227 Å². The number of carbonyl (C=O) groups is 3. The van der Waals surface area contributed by atoms with Gasteiger partial charge in [-0.15, -0.1) is 0 Å². The number of unbranched alkanes of at least 4 members (excludes halogenated alkanes) is 1. The van der Waals surface area contributed by atoms with E-state index in [1.165, 1.54) is 0 Å². The molecule has 0 aliphatic rings. The van der Waals surface area contributed by atoms with Crippen LogP contribution in [0.1, 0.15) is 50.7 Å². The summed E-state index contributed by atoms with van der Waals surface area (Å²) >= 11 is 0. The summed E-state index contributed by atoms with van der Waals surface area (Å²) in [4.78, 5) is 39.4. The molecule has 0 saturated heterocycles. The van der Waals surface area contributed by atoms with E-state index in [1.807, 2.05) is 30.3 Å². The summed E-state index contributed by atoms with van der Waals surface area (Å²) in [6, 6.07) is 15.4. The number of benzene rings is 2. The predicted molar refractivity (Wildman–Crippen MR) is 151 cm³/mol. The number of amides is 2. The van der Waals surface area contributed by atoms with E-state index in [4.69, 9.17) is 0 Å². The zero-order valence-electron chi connectivity index (χ0n) is 23.1. The maximum absolute atomic E-state index is 13.6. The minimum atomic E-state index is -0.798. The molecule has 0 heterocycles. The average molecular weight is 525 g/mol. The van der Waals surface area contributed by atoms with Crippen LogP contribution < -0.4 is 21.3 Å². The highest BCUT2D eigenvalue weighted by atomic mass is 16.3. The van der Waals surface area contributed by atoms with Gasteiger partial charge < -0.3 is 26.4 Å². The van der Waals surface area contributed by atoms with E-state index in [0.717, 1.165) is 30.5 Å². The molecule has 8 nitrogen and oxygen atoms in total. The molecule has 5 N–H and O–H groups in total. The van der Waals surface area contributed by atoms with Crippen molar-refractivity contribution in [1.82, 2.24) is 21.3 Å². The molecular formula is C30H44N4O4. The largest absolute Gasteiger partial charge is 0.508 e. The molecule has 208 valence electrons. The molecule has 0 unspecified atom stereocenters. The van der Waals surface area contributed by atoms with Crippen molar-refractivity contribution in [2.24, 2.45) is 5.92 Å². The van der Waals surface area contributed by atoms with Crippen LogP contribution in [0.25, 0.3) is 0 Å². The summed E-state index contributed by atoms with van der Waals surface area (Å²) in [6.45, 7) is 5.04. The minimum Gasteiger partial charge on any atom is -0.508 e. The van der Waals surface area contributed by atoms with Crippen LogP contribution in [0.5, 0.6) is 5.75 Å². The van der Waals surface area contributed by atoms with Gasteiger partial charge in [-0.05, 0) is 62.5 Å². The first-order valence-corrected chi connectivity index (χ1v) is 13.5. The Morgan fingerprint density at radius 3 is 2.05 bits per heavy atom. The van der Waals surface area contributed by atoms with Gasteiger partial charge in [0, 0.05) is 25.4 Å². The third-order valence-electron chi connectivity index (χ3n) is 6.63. The van der Waals surface area contributed by atoms with Gasteiger partial charge in [0.15, 0.2) is 5.78 Å². The minimum absolute atomic E-state index is 0.0449. The number of nitrogens with one attached hydrogen (secondary N) is 4. The highest BCUT2D eigenvalue weighted by molar-refractivity contribution is 5.93. The number of hydrogen-bond donors (Lipinski definition) is 5. The molecule has 2 amide bonds. The summed E-state index contributed by atoms with van der Waals surface area (Å²) in [6.07, 6.45) is 3.12. The Morgan fingerprint density at radius 2 is 1.45 bits per heavy atom. The molecule has 0 fully saturated rings. The summed E-state index contributed by atoms with van der Waals surface area (Å²) < 4.78 is 0. The standard InChI is InChI=1S/C30H44N4O4/c1-21(2)33-17-9-8-12-24(29(37)32-4)20-28(36)26(18-23-13-15-25(35)16-14-23)34-30(38)27(31-3)19-22-10-6-5-7-11-22/h5-7,10-11,13-16,21,24,26-27,31,33,35H,8-9,12,17-20H2,1-4H3,(H,32,37)(H,34,38)/t24-,26+,27+/m1/s1. The summed E-state index contributed by atoms with van der Waals surface area (Å²) in [5.74, 6) is -0.956. The van der Waals surface area contributed by atoms with E-state index in [1.54, 1.807) is 38.4 Å². The second-order valence-electron chi connectivity index (χ2n) is 10.0. The zero-order valence-corrected chi connectivity index (χ0v) is 23.1. The first-order chi connectivity index (χ1) is 18.2. The lowest BCUT2D eigenvalue weighted by molar-refractivity contribution is -0.132. The number of Topliss-reactive ketones (excluding diaryl/α,β-unsaturated/α-hetero) is 1. The van der Waals surface area contributed by atoms with Gasteiger partial charge in [0.2, 0.25) is 11.8 Å². The molecule has 0 aliphatic heterocycles. The highest BCUT2D eigenvalue weighted by Gasteiger charge is 2.29. The zero-order chi connectivity index (χ0) is 27.9. The van der Waals surface area contributed by atoms with Crippen molar-refractivity contribution >= 4 is 17.6 Å². The van der Waals surface area contributed by atoms with Gasteiger partial charge in [-0.25, -0.2) is 0 Å². The molecule has 0 aliphatic carbocycles. The van der Waals surface area contributed by atoms with Crippen LogP contribution in [-0.2, 0) is 27.2 Å². The molecule has 0 aromatic heterocycles. The number of rotatable bonds is 17. The van der Waals surface area contributed by atoms with Crippen molar-refractivity contribution in [2.75, 3.05) is 20.6 Å². The normalized spacial score (nSPS) is 13.5. The van der Waals surface area contributed by atoms with Crippen LogP contribution in [0.2, 0.25) is 0 Å². The number of hydrogen-bond acceptors (Lipinski definition) is 6. The van der Waals surface area contributed by atoms with Crippen LogP contribution in [0, 0.1) is 5.92 Å². The molecule has 0 saturated carbocycles. The topological polar surface area (TPSA) is 120 Å². The summed E-state index contributed by atoms with van der Waals surface area (Å²) in [5.41, 5.74) is 1.82. The lowest BCUT2D eigenvalue weighted by Gasteiger charge is -2.24. The Bertz CT molecular complexity index is 995.